The molecule has 1 aromatic carbocycles. The highest BCUT2D eigenvalue weighted by molar-refractivity contribution is 5.88. The monoisotopic (exact) mass is 457 g/mol. The standard InChI is InChI=1S/C25H27N7O2/c1-3-4-8-21-15-32(23-16(2)11-22(23)33)25(34)31(21)14-20-13-18(9-10-26-20)17-6-5-7-19(12-17)24-27-29-30-28-24/h5-7,9-10,12-13,15-16,23H,3-4,8,11,14H2,1-2H3,(H,27,28,29,30). The number of Topliss-reactive ketones (excluding diaryl/α,β-unsaturated/α-hetero) is 1. The molecule has 3 heterocycles. The number of H-pyrrole nitrogens is 1. The summed E-state index contributed by atoms with van der Waals surface area (Å²) >= 11 is 0. The van der Waals surface area contributed by atoms with Gasteiger partial charge in [-0.25, -0.2) is 4.79 Å². The lowest BCUT2D eigenvalue weighted by Crippen LogP contribution is -2.42. The minimum Gasteiger partial charge on any atom is -0.297 e. The highest BCUT2D eigenvalue weighted by Gasteiger charge is 2.39. The van der Waals surface area contributed by atoms with Gasteiger partial charge in [0, 0.05) is 30.1 Å². The molecule has 4 aromatic rings. The van der Waals surface area contributed by atoms with Gasteiger partial charge in [0.05, 0.1) is 18.3 Å². The summed E-state index contributed by atoms with van der Waals surface area (Å²) < 4.78 is 3.41. The molecule has 1 fully saturated rings. The molecule has 34 heavy (non-hydrogen) atoms. The van der Waals surface area contributed by atoms with Gasteiger partial charge in [0.2, 0.25) is 5.82 Å². The molecule has 9 nitrogen and oxygen atoms in total. The lowest BCUT2D eigenvalue weighted by Gasteiger charge is -2.32. The summed E-state index contributed by atoms with van der Waals surface area (Å²) in [5.41, 5.74) is 4.44. The lowest BCUT2D eigenvalue weighted by molar-refractivity contribution is -0.132. The Kier molecular flexibility index (Phi) is 5.91. The van der Waals surface area contributed by atoms with Crippen molar-refractivity contribution in [1.29, 1.82) is 0 Å². The third kappa shape index (κ3) is 4.09. The molecule has 9 heteroatoms. The van der Waals surface area contributed by atoms with E-state index in [9.17, 15) is 9.59 Å². The second kappa shape index (κ2) is 9.17. The van der Waals surface area contributed by atoms with E-state index in [1.165, 1.54) is 0 Å². The maximum atomic E-state index is 13.3. The smallest absolute Gasteiger partial charge is 0.297 e. The van der Waals surface area contributed by atoms with E-state index in [-0.39, 0.29) is 23.4 Å². The Hall–Kier alpha value is -3.88. The van der Waals surface area contributed by atoms with Crippen LogP contribution in [0, 0.1) is 5.92 Å². The van der Waals surface area contributed by atoms with Crippen molar-refractivity contribution in [1.82, 2.24) is 34.7 Å². The first-order valence-corrected chi connectivity index (χ1v) is 11.7. The number of rotatable bonds is 8. The average Bonchev–Trinajstić information content (AvgIpc) is 3.48. The molecule has 0 bridgehead atoms. The predicted molar refractivity (Wildman–Crippen MR) is 127 cm³/mol. The number of aryl methyl sites for hydroxylation is 1. The largest absolute Gasteiger partial charge is 0.329 e. The summed E-state index contributed by atoms with van der Waals surface area (Å²) in [5, 5.41) is 14.2. The molecule has 1 aliphatic rings. The van der Waals surface area contributed by atoms with E-state index in [4.69, 9.17) is 0 Å². The number of aromatic amines is 1. The van der Waals surface area contributed by atoms with Crippen LogP contribution in [0.2, 0.25) is 0 Å². The molecule has 0 spiro atoms. The third-order valence-electron chi connectivity index (χ3n) is 6.50. The first-order chi connectivity index (χ1) is 16.5. The number of pyridine rings is 1. The molecule has 0 amide bonds. The number of nitrogens with zero attached hydrogens (tertiary/aromatic N) is 6. The number of imidazole rings is 1. The number of tetrazole rings is 1. The van der Waals surface area contributed by atoms with Crippen molar-refractivity contribution >= 4 is 5.78 Å². The van der Waals surface area contributed by atoms with Gasteiger partial charge in [-0.3, -0.25) is 18.9 Å². The van der Waals surface area contributed by atoms with Gasteiger partial charge in [-0.1, -0.05) is 38.5 Å². The number of benzene rings is 1. The van der Waals surface area contributed by atoms with E-state index < -0.39 is 0 Å². The first kappa shape index (κ1) is 21.9. The maximum absolute atomic E-state index is 13.3. The van der Waals surface area contributed by atoms with E-state index in [1.807, 2.05) is 49.5 Å². The number of hydrogen-bond donors (Lipinski definition) is 1. The minimum absolute atomic E-state index is 0.135. The second-order valence-corrected chi connectivity index (χ2v) is 8.94. The molecule has 0 radical (unpaired) electrons. The molecule has 0 saturated heterocycles. The first-order valence-electron chi connectivity index (χ1n) is 11.7. The molecule has 1 N–H and O–H groups in total. The normalized spacial score (nSPS) is 17.6. The van der Waals surface area contributed by atoms with Gasteiger partial charge >= 0.3 is 5.69 Å². The summed E-state index contributed by atoms with van der Waals surface area (Å²) in [6.45, 7) is 4.51. The number of nitrogens with one attached hydrogen (secondary N) is 1. The molecular weight excluding hydrogens is 430 g/mol. The van der Waals surface area contributed by atoms with Crippen LogP contribution in [0.15, 0.2) is 53.6 Å². The van der Waals surface area contributed by atoms with Crippen LogP contribution in [-0.2, 0) is 17.8 Å². The number of unbranched alkanes of at least 4 members (excludes halogenated alkanes) is 1. The van der Waals surface area contributed by atoms with Gasteiger partial charge in [-0.05, 0) is 53.3 Å². The quantitative estimate of drug-likeness (QED) is 0.434. The SMILES string of the molecule is CCCCc1cn(C2C(=O)CC2C)c(=O)n1Cc1cc(-c2cccc(-c3nn[nH]n3)c2)ccn1. The van der Waals surface area contributed by atoms with Gasteiger partial charge in [-0.2, -0.15) is 5.21 Å². The van der Waals surface area contributed by atoms with Crippen molar-refractivity contribution in [2.45, 2.75) is 52.1 Å². The minimum atomic E-state index is -0.346. The summed E-state index contributed by atoms with van der Waals surface area (Å²) in [7, 11) is 0. The average molecular weight is 458 g/mol. The zero-order valence-electron chi connectivity index (χ0n) is 19.3. The number of aromatic nitrogens is 7. The topological polar surface area (TPSA) is 111 Å². The lowest BCUT2D eigenvalue weighted by atomic mass is 9.79. The number of ketones is 1. The van der Waals surface area contributed by atoms with E-state index in [2.05, 4.69) is 32.5 Å². The summed E-state index contributed by atoms with van der Waals surface area (Å²) in [4.78, 5) is 30.1. The third-order valence-corrected chi connectivity index (χ3v) is 6.50. The van der Waals surface area contributed by atoms with E-state index in [1.54, 1.807) is 15.3 Å². The molecule has 5 rings (SSSR count). The van der Waals surface area contributed by atoms with E-state index in [0.29, 0.717) is 18.8 Å². The van der Waals surface area contributed by atoms with Gasteiger partial charge < -0.3 is 0 Å². The molecule has 1 aliphatic carbocycles. The summed E-state index contributed by atoms with van der Waals surface area (Å²) in [6.07, 6.45) is 6.99. The van der Waals surface area contributed by atoms with Crippen molar-refractivity contribution in [2.75, 3.05) is 0 Å². The predicted octanol–water partition coefficient (Wildman–Crippen LogP) is 3.43. The molecule has 2 unspecified atom stereocenters. The van der Waals surface area contributed by atoms with Crippen LogP contribution in [0.4, 0.5) is 0 Å². The molecule has 3 aromatic heterocycles. The molecule has 2 atom stereocenters. The van der Waals surface area contributed by atoms with Crippen LogP contribution in [0.5, 0.6) is 0 Å². The Morgan fingerprint density at radius 1 is 1.12 bits per heavy atom. The molecule has 174 valence electrons. The Morgan fingerprint density at radius 3 is 2.68 bits per heavy atom. The van der Waals surface area contributed by atoms with Crippen LogP contribution in [0.25, 0.3) is 22.5 Å². The number of carbonyl (C=O) groups excluding carboxylic acids is 1. The van der Waals surface area contributed by atoms with E-state index >= 15 is 0 Å². The van der Waals surface area contributed by atoms with Crippen LogP contribution in [0.3, 0.4) is 0 Å². The van der Waals surface area contributed by atoms with Crippen molar-refractivity contribution < 1.29 is 4.79 Å². The highest BCUT2D eigenvalue weighted by atomic mass is 16.2. The maximum Gasteiger partial charge on any atom is 0.329 e. The zero-order chi connectivity index (χ0) is 23.7. The Balaban J connectivity index is 1.47. The van der Waals surface area contributed by atoms with Gasteiger partial charge in [0.25, 0.3) is 0 Å². The Bertz CT molecular complexity index is 1370. The second-order valence-electron chi connectivity index (χ2n) is 8.94. The van der Waals surface area contributed by atoms with Gasteiger partial charge in [0.15, 0.2) is 5.78 Å². The fourth-order valence-electron chi connectivity index (χ4n) is 4.64. The van der Waals surface area contributed by atoms with Crippen molar-refractivity contribution in [3.8, 4) is 22.5 Å². The number of hydrogen-bond acceptors (Lipinski definition) is 6. The molecule has 0 aliphatic heterocycles. The fraction of sp³-hybridized carbons (Fsp3) is 0.360. The molecule has 1 saturated carbocycles. The van der Waals surface area contributed by atoms with Gasteiger partial charge in [0.1, 0.15) is 0 Å². The van der Waals surface area contributed by atoms with Gasteiger partial charge in [-0.15, -0.1) is 10.2 Å². The summed E-state index contributed by atoms with van der Waals surface area (Å²) in [5.74, 6) is 0.854. The van der Waals surface area contributed by atoms with Crippen LogP contribution < -0.4 is 5.69 Å². The van der Waals surface area contributed by atoms with Crippen molar-refractivity contribution in [3.63, 3.8) is 0 Å². The number of carbonyl (C=O) groups is 1. The molecular formula is C25H27N7O2. The van der Waals surface area contributed by atoms with Crippen LogP contribution in [-0.4, -0.2) is 40.5 Å². The fourth-order valence-corrected chi connectivity index (χ4v) is 4.64. The van der Waals surface area contributed by atoms with Crippen molar-refractivity contribution in [3.05, 3.63) is 70.7 Å². The van der Waals surface area contributed by atoms with Crippen LogP contribution >= 0.6 is 0 Å². The van der Waals surface area contributed by atoms with Crippen molar-refractivity contribution in [2.24, 2.45) is 5.92 Å². The Labute approximate surface area is 196 Å². The summed E-state index contributed by atoms with van der Waals surface area (Å²) in [6, 6.07) is 11.5. The van der Waals surface area contributed by atoms with Crippen LogP contribution in [0.1, 0.15) is 50.5 Å². The highest BCUT2D eigenvalue weighted by Crippen LogP contribution is 2.34. The van der Waals surface area contributed by atoms with E-state index in [0.717, 1.165) is 47.3 Å². The zero-order valence-corrected chi connectivity index (χ0v) is 19.3. The Morgan fingerprint density at radius 2 is 1.94 bits per heavy atom.